The van der Waals surface area contributed by atoms with E-state index in [4.69, 9.17) is 9.47 Å². The minimum Gasteiger partial charge on any atom is -0.457 e. The van der Waals surface area contributed by atoms with Crippen LogP contribution < -0.4 is 0 Å². The minimum atomic E-state index is -0.530. The smallest absolute Gasteiger partial charge is 0.306 e. The van der Waals surface area contributed by atoms with Crippen LogP contribution in [0.3, 0.4) is 0 Å². The topological polar surface area (TPSA) is 55.8 Å². The molecule has 0 bridgehead atoms. The van der Waals surface area contributed by atoms with Crippen LogP contribution in [0, 0.1) is 0 Å². The van der Waals surface area contributed by atoms with E-state index in [0.717, 1.165) is 25.7 Å². The summed E-state index contributed by atoms with van der Waals surface area (Å²) in [7, 11) is 0. The Kier molecular flexibility index (Phi) is 39.1. The second-order valence-corrected chi connectivity index (χ2v) is 13.7. The zero-order valence-electron chi connectivity index (χ0n) is 31.1. The van der Waals surface area contributed by atoms with Gasteiger partial charge in [0.15, 0.2) is 0 Å². The molecule has 1 N–H and O–H groups in total. The number of esters is 1. The Morgan fingerprint density at radius 3 is 1.39 bits per heavy atom. The predicted molar refractivity (Wildman–Crippen MR) is 201 cm³/mol. The maximum atomic E-state index is 12.2. The van der Waals surface area contributed by atoms with Crippen molar-refractivity contribution < 1.29 is 19.4 Å². The summed E-state index contributed by atoms with van der Waals surface area (Å²) in [6, 6.07) is 0. The molecule has 0 fully saturated rings. The lowest BCUT2D eigenvalue weighted by Crippen LogP contribution is -2.27. The number of unbranched alkanes of at least 4 members (excludes halogenated alkanes) is 26. The Bertz CT molecular complexity index is 644. The molecule has 0 spiro atoms. The van der Waals surface area contributed by atoms with Gasteiger partial charge in [0.05, 0.1) is 13.2 Å². The third-order valence-electron chi connectivity index (χ3n) is 9.03. The molecule has 4 heteroatoms. The number of rotatable bonds is 38. The maximum Gasteiger partial charge on any atom is 0.306 e. The Balaban J connectivity index is 3.40. The fourth-order valence-electron chi connectivity index (χ4n) is 5.95. The number of aliphatic hydroxyl groups is 1. The first kappa shape index (κ1) is 44.9. The molecular formula is C42H80O4. The molecule has 0 saturated carbocycles. The lowest BCUT2D eigenvalue weighted by Gasteiger charge is -2.16. The number of ether oxygens (including phenoxy) is 2. The molecule has 0 aliphatic heterocycles. The molecule has 0 aliphatic rings. The summed E-state index contributed by atoms with van der Waals surface area (Å²) in [6.07, 6.45) is 48.0. The summed E-state index contributed by atoms with van der Waals surface area (Å²) >= 11 is 0. The third kappa shape index (κ3) is 37.3. The first-order valence-electron chi connectivity index (χ1n) is 20.4. The van der Waals surface area contributed by atoms with Crippen molar-refractivity contribution in [1.29, 1.82) is 0 Å². The molecule has 0 rings (SSSR count). The highest BCUT2D eigenvalue weighted by molar-refractivity contribution is 5.69. The molecule has 272 valence electrons. The Labute approximate surface area is 288 Å². The van der Waals surface area contributed by atoms with Crippen LogP contribution in [0.25, 0.3) is 0 Å². The van der Waals surface area contributed by atoms with Crippen molar-refractivity contribution in [2.45, 2.75) is 219 Å². The van der Waals surface area contributed by atoms with Crippen LogP contribution in [0.5, 0.6) is 0 Å². The summed E-state index contributed by atoms with van der Waals surface area (Å²) in [5.41, 5.74) is 0. The molecule has 1 atom stereocenters. The molecule has 0 radical (unpaired) electrons. The predicted octanol–water partition coefficient (Wildman–Crippen LogP) is 13.2. The number of carbonyl (C=O) groups excluding carboxylic acids is 1. The molecule has 0 aromatic rings. The highest BCUT2D eigenvalue weighted by atomic mass is 16.6. The molecule has 0 saturated heterocycles. The fraction of sp³-hybridized carbons (Fsp3) is 0.881. The summed E-state index contributed by atoms with van der Waals surface area (Å²) in [5, 5.41) is 9.58. The first-order valence-corrected chi connectivity index (χ1v) is 20.4. The number of allylic oxidation sites excluding steroid dienone is 4. The van der Waals surface area contributed by atoms with Gasteiger partial charge in [0, 0.05) is 13.0 Å². The van der Waals surface area contributed by atoms with E-state index in [9.17, 15) is 9.90 Å². The van der Waals surface area contributed by atoms with E-state index < -0.39 is 6.10 Å². The van der Waals surface area contributed by atoms with Crippen LogP contribution in [-0.4, -0.2) is 37.0 Å². The van der Waals surface area contributed by atoms with Crippen LogP contribution in [0.1, 0.15) is 213 Å². The van der Waals surface area contributed by atoms with Crippen molar-refractivity contribution in [1.82, 2.24) is 0 Å². The summed E-state index contributed by atoms with van der Waals surface area (Å²) in [4.78, 5) is 12.2. The van der Waals surface area contributed by atoms with Crippen LogP contribution in [0.4, 0.5) is 0 Å². The van der Waals surface area contributed by atoms with E-state index in [-0.39, 0.29) is 12.6 Å². The van der Waals surface area contributed by atoms with E-state index in [1.807, 2.05) is 0 Å². The lowest BCUT2D eigenvalue weighted by molar-refractivity contribution is -0.154. The highest BCUT2D eigenvalue weighted by Gasteiger charge is 2.13. The molecule has 46 heavy (non-hydrogen) atoms. The van der Waals surface area contributed by atoms with Gasteiger partial charge in [-0.25, -0.2) is 0 Å². The number of hydrogen-bond donors (Lipinski definition) is 1. The van der Waals surface area contributed by atoms with Crippen molar-refractivity contribution >= 4 is 5.97 Å². The first-order chi connectivity index (χ1) is 22.7. The second kappa shape index (κ2) is 40.0. The van der Waals surface area contributed by atoms with E-state index in [1.165, 1.54) is 167 Å². The average Bonchev–Trinajstić information content (AvgIpc) is 3.06. The molecule has 1 unspecified atom stereocenters. The molecule has 4 nitrogen and oxygen atoms in total. The molecule has 0 heterocycles. The number of aliphatic hydroxyl groups excluding tert-OH is 1. The van der Waals surface area contributed by atoms with Crippen molar-refractivity contribution in [2.24, 2.45) is 0 Å². The number of carbonyl (C=O) groups is 1. The monoisotopic (exact) mass is 649 g/mol. The zero-order chi connectivity index (χ0) is 33.4. The van der Waals surface area contributed by atoms with Gasteiger partial charge in [-0.3, -0.25) is 4.79 Å². The maximum absolute atomic E-state index is 12.2. The van der Waals surface area contributed by atoms with Crippen LogP contribution in [0.15, 0.2) is 24.3 Å². The summed E-state index contributed by atoms with van der Waals surface area (Å²) in [6.45, 7) is 5.34. The quantitative estimate of drug-likeness (QED) is 0.0411. The average molecular weight is 649 g/mol. The van der Waals surface area contributed by atoms with Gasteiger partial charge in [-0.2, -0.15) is 0 Å². The molecule has 0 aliphatic carbocycles. The summed E-state index contributed by atoms with van der Waals surface area (Å²) < 4.78 is 11.1. The second-order valence-electron chi connectivity index (χ2n) is 13.7. The van der Waals surface area contributed by atoms with Crippen LogP contribution in [0.2, 0.25) is 0 Å². The van der Waals surface area contributed by atoms with Gasteiger partial charge in [-0.05, 0) is 44.9 Å². The van der Waals surface area contributed by atoms with Crippen molar-refractivity contribution in [3.05, 3.63) is 24.3 Å². The van der Waals surface area contributed by atoms with E-state index >= 15 is 0 Å². The lowest BCUT2D eigenvalue weighted by atomic mass is 10.0. The molecule has 0 aromatic heterocycles. The van der Waals surface area contributed by atoms with Gasteiger partial charge >= 0.3 is 5.97 Å². The van der Waals surface area contributed by atoms with E-state index in [0.29, 0.717) is 19.6 Å². The van der Waals surface area contributed by atoms with Crippen molar-refractivity contribution in [3.63, 3.8) is 0 Å². The molecule has 0 amide bonds. The minimum absolute atomic E-state index is 0.169. The largest absolute Gasteiger partial charge is 0.457 e. The Morgan fingerprint density at radius 1 is 0.522 bits per heavy atom. The van der Waals surface area contributed by atoms with Crippen molar-refractivity contribution in [2.75, 3.05) is 19.8 Å². The van der Waals surface area contributed by atoms with Crippen molar-refractivity contribution in [3.8, 4) is 0 Å². The third-order valence-corrected chi connectivity index (χ3v) is 9.03. The SMILES string of the molecule is CCCCC/C=C\C/C=C\CCCCCCCCCCCCOCC(CO)OC(=O)CCCCCCCCCCCCCCCC. The Hall–Kier alpha value is -1.13. The zero-order valence-corrected chi connectivity index (χ0v) is 31.1. The fourth-order valence-corrected chi connectivity index (χ4v) is 5.95. The molecular weight excluding hydrogens is 568 g/mol. The highest BCUT2D eigenvalue weighted by Crippen LogP contribution is 2.14. The van der Waals surface area contributed by atoms with E-state index in [1.54, 1.807) is 0 Å². The van der Waals surface area contributed by atoms with Crippen LogP contribution >= 0.6 is 0 Å². The number of hydrogen-bond acceptors (Lipinski definition) is 4. The van der Waals surface area contributed by atoms with Crippen LogP contribution in [-0.2, 0) is 14.3 Å². The van der Waals surface area contributed by atoms with Gasteiger partial charge in [0.1, 0.15) is 6.10 Å². The van der Waals surface area contributed by atoms with E-state index in [2.05, 4.69) is 38.2 Å². The molecule has 0 aromatic carbocycles. The van der Waals surface area contributed by atoms with Gasteiger partial charge in [-0.15, -0.1) is 0 Å². The Morgan fingerprint density at radius 2 is 0.913 bits per heavy atom. The van der Waals surface area contributed by atoms with Gasteiger partial charge in [0.2, 0.25) is 0 Å². The van der Waals surface area contributed by atoms with Gasteiger partial charge < -0.3 is 14.6 Å². The van der Waals surface area contributed by atoms with Gasteiger partial charge in [0.25, 0.3) is 0 Å². The normalized spacial score (nSPS) is 12.5. The summed E-state index contributed by atoms with van der Waals surface area (Å²) in [5.74, 6) is -0.199. The standard InChI is InChI=1S/C42H80O4/c1-3-5-7-9-11-13-15-17-19-20-21-22-23-24-26-28-30-32-34-36-38-45-40-41(39-43)46-42(44)37-35-33-31-29-27-25-18-16-14-12-10-8-6-4-2/h11,13,17,19,41,43H,3-10,12,14-16,18,20-40H2,1-2H3/b13-11-,19-17-. The van der Waals surface area contributed by atoms with Gasteiger partial charge in [-0.1, -0.05) is 186 Å².